The van der Waals surface area contributed by atoms with E-state index in [2.05, 4.69) is 0 Å². The average molecular weight is 660 g/mol. The molecule has 1 atom stereocenters. The van der Waals surface area contributed by atoms with Gasteiger partial charge in [0, 0.05) is 29.5 Å². The largest absolute Gasteiger partial charge is 0.481 e. The van der Waals surface area contributed by atoms with Crippen molar-refractivity contribution in [3.05, 3.63) is 76.5 Å². The molecule has 13 heteroatoms. The van der Waals surface area contributed by atoms with Crippen molar-refractivity contribution in [2.75, 3.05) is 13.1 Å². The van der Waals surface area contributed by atoms with Crippen molar-refractivity contribution >= 4 is 35.0 Å². The number of nitrogens with zero attached hydrogens (tertiary/aromatic N) is 1. The van der Waals surface area contributed by atoms with E-state index in [0.29, 0.717) is 49.8 Å². The van der Waals surface area contributed by atoms with E-state index >= 15 is 0 Å². The molecule has 4 nitrogen and oxygen atoms in total. The third kappa shape index (κ3) is 6.09. The number of likely N-dealkylation sites (tertiary alicyclic amines) is 1. The molecule has 1 aliphatic heterocycles. The minimum absolute atomic E-state index is 0.122. The summed E-state index contributed by atoms with van der Waals surface area (Å²) in [6.45, 7) is 0.408. The zero-order chi connectivity index (χ0) is 31.9. The first-order valence-electron chi connectivity index (χ1n) is 13.9. The Morgan fingerprint density at radius 2 is 1.50 bits per heavy atom. The number of hydrogen-bond acceptors (Lipinski definition) is 4. The van der Waals surface area contributed by atoms with E-state index in [4.69, 9.17) is 0 Å². The van der Waals surface area contributed by atoms with E-state index in [1.165, 1.54) is 23.1 Å². The summed E-state index contributed by atoms with van der Waals surface area (Å²) in [4.78, 5) is 27.3. The number of halogens is 7. The molecule has 1 amide bonds. The van der Waals surface area contributed by atoms with Gasteiger partial charge >= 0.3 is 24.0 Å². The van der Waals surface area contributed by atoms with Gasteiger partial charge in [-0.3, -0.25) is 9.59 Å². The minimum atomic E-state index is -6.22. The van der Waals surface area contributed by atoms with E-state index in [1.54, 1.807) is 4.90 Å². The lowest BCUT2D eigenvalue weighted by atomic mass is 9.81. The van der Waals surface area contributed by atoms with Crippen LogP contribution in [-0.2, 0) is 20.0 Å². The number of amides is 1. The summed E-state index contributed by atoms with van der Waals surface area (Å²) in [5.41, 5.74) is -4.85. The molecule has 2 aliphatic rings. The van der Waals surface area contributed by atoms with Gasteiger partial charge in [0.05, 0.1) is 10.7 Å². The van der Waals surface area contributed by atoms with Crippen LogP contribution >= 0.6 is 23.1 Å². The second kappa shape index (κ2) is 12.0. The summed E-state index contributed by atoms with van der Waals surface area (Å²) in [7, 11) is 0. The predicted molar refractivity (Wildman–Crippen MR) is 153 cm³/mol. The van der Waals surface area contributed by atoms with Crippen LogP contribution in [0.1, 0.15) is 43.2 Å². The molecule has 2 aromatic carbocycles. The number of carbonyl (C=O) groups is 2. The summed E-state index contributed by atoms with van der Waals surface area (Å²) in [5.74, 6) is -1.93. The highest BCUT2D eigenvalue weighted by Gasteiger charge is 2.73. The molecule has 1 unspecified atom stereocenters. The molecule has 2 heterocycles. The highest BCUT2D eigenvalue weighted by Crippen LogP contribution is 2.54. The van der Waals surface area contributed by atoms with Crippen molar-refractivity contribution in [3.8, 4) is 11.1 Å². The Morgan fingerprint density at radius 3 is 2.07 bits per heavy atom. The molecule has 2 fully saturated rings. The van der Waals surface area contributed by atoms with Gasteiger partial charge in [0.2, 0.25) is 5.91 Å². The number of carboxylic acid groups (broad SMARTS) is 1. The van der Waals surface area contributed by atoms with Crippen LogP contribution < -0.4 is 0 Å². The number of hydrogen-bond donors (Lipinski definition) is 1. The van der Waals surface area contributed by atoms with Gasteiger partial charge in [0.25, 0.3) is 0 Å². The standard InChI is InChI=1S/C31H28F7NO3S2/c32-29(30(33,34)35,31(36,37)38)24-10-8-23(9-11-24)28(44-25-3-1-2-21(16-25)22-12-15-43-17-22)13-14-39(18-28)26(40)19-4-6-20(7-5-19)27(41)42/h1-3,8-12,15-17,19-20H,4-7,13-14,18H2,(H,41,42). The van der Waals surface area contributed by atoms with Gasteiger partial charge in [0.15, 0.2) is 0 Å². The fraction of sp³-hybridized carbons (Fsp3) is 0.419. The molecular weight excluding hydrogens is 631 g/mol. The van der Waals surface area contributed by atoms with Crippen molar-refractivity contribution in [2.24, 2.45) is 11.8 Å². The average Bonchev–Trinajstić information content (AvgIpc) is 3.67. The van der Waals surface area contributed by atoms with Crippen LogP contribution in [0.3, 0.4) is 0 Å². The number of rotatable bonds is 7. The van der Waals surface area contributed by atoms with E-state index in [9.17, 15) is 45.4 Å². The van der Waals surface area contributed by atoms with Gasteiger partial charge in [-0.05, 0) is 77.8 Å². The molecular formula is C31H28F7NO3S2. The van der Waals surface area contributed by atoms with Gasteiger partial charge in [-0.2, -0.15) is 37.7 Å². The van der Waals surface area contributed by atoms with Gasteiger partial charge in [-0.1, -0.05) is 36.4 Å². The second-order valence-corrected chi connectivity index (χ2v) is 13.5. The van der Waals surface area contributed by atoms with Crippen LogP contribution in [0.2, 0.25) is 0 Å². The van der Waals surface area contributed by atoms with E-state index < -0.39 is 40.2 Å². The summed E-state index contributed by atoms with van der Waals surface area (Å²) in [6.07, 6.45) is -10.5. The zero-order valence-electron chi connectivity index (χ0n) is 23.1. The van der Waals surface area contributed by atoms with Crippen molar-refractivity contribution in [3.63, 3.8) is 0 Å². The third-order valence-corrected chi connectivity index (χ3v) is 10.7. The lowest BCUT2D eigenvalue weighted by molar-refractivity contribution is -0.348. The van der Waals surface area contributed by atoms with E-state index in [1.807, 2.05) is 41.1 Å². The minimum Gasteiger partial charge on any atom is -0.481 e. The number of thioether (sulfide) groups is 1. The highest BCUT2D eigenvalue weighted by molar-refractivity contribution is 8.00. The first-order valence-corrected chi connectivity index (χ1v) is 15.7. The summed E-state index contributed by atoms with van der Waals surface area (Å²) >= 11 is 2.87. The maximum atomic E-state index is 14.8. The fourth-order valence-corrected chi connectivity index (χ4v) is 8.19. The Morgan fingerprint density at radius 1 is 0.864 bits per heavy atom. The molecule has 0 spiro atoms. The lowest BCUT2D eigenvalue weighted by Crippen LogP contribution is -2.50. The molecule has 236 valence electrons. The topological polar surface area (TPSA) is 57.6 Å². The molecule has 3 aromatic rings. The first-order chi connectivity index (χ1) is 20.6. The summed E-state index contributed by atoms with van der Waals surface area (Å²) < 4.78 is 94.3. The number of carbonyl (C=O) groups excluding carboxylic acids is 1. The third-order valence-electron chi connectivity index (χ3n) is 8.56. The van der Waals surface area contributed by atoms with Crippen molar-refractivity contribution in [1.29, 1.82) is 0 Å². The Hall–Kier alpha value is -3.06. The maximum Gasteiger partial charge on any atom is 0.435 e. The van der Waals surface area contributed by atoms with E-state index in [0.717, 1.165) is 28.2 Å². The molecule has 1 saturated heterocycles. The van der Waals surface area contributed by atoms with Crippen LogP contribution in [0.15, 0.2) is 70.3 Å². The monoisotopic (exact) mass is 659 g/mol. The maximum absolute atomic E-state index is 14.8. The molecule has 1 aliphatic carbocycles. The Balaban J connectivity index is 1.47. The first kappa shape index (κ1) is 32.3. The molecule has 1 saturated carbocycles. The lowest BCUT2D eigenvalue weighted by Gasteiger charge is -2.33. The van der Waals surface area contributed by atoms with Crippen LogP contribution in [0, 0.1) is 11.8 Å². The highest BCUT2D eigenvalue weighted by atomic mass is 32.2. The summed E-state index contributed by atoms with van der Waals surface area (Å²) in [5, 5.41) is 13.2. The Bertz CT molecular complexity index is 1470. The smallest absolute Gasteiger partial charge is 0.435 e. The second-order valence-electron chi connectivity index (χ2n) is 11.3. The van der Waals surface area contributed by atoms with Gasteiger partial charge in [0.1, 0.15) is 0 Å². The SMILES string of the molecule is O=C(O)C1CCC(C(=O)N2CCC(Sc3cccc(-c4ccsc4)c3)(c3ccc(C(F)(C(F)(F)F)C(F)(F)F)cc3)C2)CC1. The van der Waals surface area contributed by atoms with Gasteiger partial charge in [-0.25, -0.2) is 4.39 Å². The van der Waals surface area contributed by atoms with Crippen molar-refractivity contribution in [2.45, 2.75) is 59.8 Å². The quantitative estimate of drug-likeness (QED) is 0.258. The number of carboxylic acids is 1. The van der Waals surface area contributed by atoms with Crippen LogP contribution in [0.5, 0.6) is 0 Å². The number of aliphatic carboxylic acids is 1. The Labute approximate surface area is 257 Å². The number of benzene rings is 2. The molecule has 1 aromatic heterocycles. The number of thiophene rings is 1. The van der Waals surface area contributed by atoms with Gasteiger partial charge in [-0.15, -0.1) is 11.8 Å². The fourth-order valence-electron chi connectivity index (χ4n) is 6.08. The Kier molecular flexibility index (Phi) is 8.84. The molecule has 5 rings (SSSR count). The number of alkyl halides is 7. The molecule has 0 bridgehead atoms. The van der Waals surface area contributed by atoms with Crippen LogP contribution in [-0.4, -0.2) is 47.3 Å². The summed E-state index contributed by atoms with van der Waals surface area (Å²) in [6, 6.07) is 12.7. The molecule has 1 N–H and O–H groups in total. The molecule has 0 radical (unpaired) electrons. The van der Waals surface area contributed by atoms with Crippen LogP contribution in [0.25, 0.3) is 11.1 Å². The normalized spacial score (nSPS) is 23.1. The van der Waals surface area contributed by atoms with Gasteiger partial charge < -0.3 is 10.0 Å². The van der Waals surface area contributed by atoms with Crippen molar-refractivity contribution in [1.82, 2.24) is 4.90 Å². The predicted octanol–water partition coefficient (Wildman–Crippen LogP) is 8.82. The zero-order valence-corrected chi connectivity index (χ0v) is 24.8. The molecule has 44 heavy (non-hydrogen) atoms. The van der Waals surface area contributed by atoms with Crippen LogP contribution in [0.4, 0.5) is 30.7 Å². The van der Waals surface area contributed by atoms with E-state index in [-0.39, 0.29) is 24.9 Å². The van der Waals surface area contributed by atoms with Crippen molar-refractivity contribution < 1.29 is 45.4 Å².